The van der Waals surface area contributed by atoms with Crippen molar-refractivity contribution in [1.82, 2.24) is 14.5 Å². The Balaban J connectivity index is 1.58. The lowest BCUT2D eigenvalue weighted by Crippen LogP contribution is -2.31. The van der Waals surface area contributed by atoms with E-state index in [1.54, 1.807) is 35.9 Å². The first-order valence-corrected chi connectivity index (χ1v) is 13.5. The number of sulfone groups is 1. The normalized spacial score (nSPS) is 17.7. The number of nitroso groups, excluding NO2 is 1. The van der Waals surface area contributed by atoms with Crippen LogP contribution in [0.1, 0.15) is 27.7 Å². The van der Waals surface area contributed by atoms with Gasteiger partial charge in [-0.1, -0.05) is 41.2 Å². The topological polar surface area (TPSA) is 149 Å². The van der Waals surface area contributed by atoms with E-state index in [1.165, 1.54) is 36.8 Å². The van der Waals surface area contributed by atoms with Crippen molar-refractivity contribution < 1.29 is 22.8 Å². The number of carbonyl (C=O) groups is 3. The zero-order valence-corrected chi connectivity index (χ0v) is 21.6. The highest BCUT2D eigenvalue weighted by Gasteiger charge is 2.54. The van der Waals surface area contributed by atoms with Crippen molar-refractivity contribution in [3.8, 4) is 0 Å². The predicted octanol–water partition coefficient (Wildman–Crippen LogP) is 3.57. The van der Waals surface area contributed by atoms with Crippen LogP contribution in [0.3, 0.4) is 0 Å². The number of nitrogens with zero attached hydrogens (tertiary/aromatic N) is 5. The van der Waals surface area contributed by atoms with E-state index >= 15 is 0 Å². The van der Waals surface area contributed by atoms with E-state index in [0.717, 1.165) is 16.7 Å². The summed E-state index contributed by atoms with van der Waals surface area (Å²) in [6, 6.07) is 10.6. The second-order valence-electron chi connectivity index (χ2n) is 8.67. The molecule has 2 aromatic heterocycles. The summed E-state index contributed by atoms with van der Waals surface area (Å²) >= 11 is 0.694. The van der Waals surface area contributed by atoms with Crippen molar-refractivity contribution in [3.05, 3.63) is 89.0 Å². The smallest absolute Gasteiger partial charge is 0.297 e. The van der Waals surface area contributed by atoms with Crippen molar-refractivity contribution in [2.75, 3.05) is 4.90 Å². The number of hydrogen-bond acceptors (Lipinski definition) is 10. The van der Waals surface area contributed by atoms with E-state index in [1.807, 2.05) is 6.92 Å². The zero-order chi connectivity index (χ0) is 27.2. The first kappa shape index (κ1) is 25.3. The number of rotatable bonds is 7. The van der Waals surface area contributed by atoms with Gasteiger partial charge in [0.05, 0.1) is 35.4 Å². The zero-order valence-electron chi connectivity index (χ0n) is 20.0. The van der Waals surface area contributed by atoms with Crippen LogP contribution in [0, 0.1) is 17.7 Å². The van der Waals surface area contributed by atoms with Gasteiger partial charge in [0.15, 0.2) is 10.9 Å². The lowest BCUT2D eigenvalue weighted by molar-refractivity contribution is -0.135. The van der Waals surface area contributed by atoms with Crippen LogP contribution in [0.5, 0.6) is 0 Å². The number of hydrogen-bond donors (Lipinski definition) is 0. The molecule has 38 heavy (non-hydrogen) atoms. The fourth-order valence-corrected chi connectivity index (χ4v) is 6.84. The molecule has 5 rings (SSSR count). The number of thiazole rings is 1. The first-order chi connectivity index (χ1) is 18.1. The number of ketones is 2. The Morgan fingerprint density at radius 3 is 2.32 bits per heavy atom. The number of aromatic nitrogens is 3. The molecule has 192 valence electrons. The lowest BCUT2D eigenvalue weighted by Gasteiger charge is -2.24. The summed E-state index contributed by atoms with van der Waals surface area (Å²) in [5, 5.41) is 2.70. The minimum atomic E-state index is -4.06. The molecule has 1 aliphatic rings. The molecule has 2 aromatic carbocycles. The van der Waals surface area contributed by atoms with Gasteiger partial charge in [-0.05, 0) is 36.4 Å². The van der Waals surface area contributed by atoms with Gasteiger partial charge in [0.2, 0.25) is 15.6 Å². The van der Waals surface area contributed by atoms with Crippen LogP contribution >= 0.6 is 11.3 Å². The first-order valence-electron chi connectivity index (χ1n) is 11.2. The summed E-state index contributed by atoms with van der Waals surface area (Å²) in [5.41, 5.74) is 1.67. The Bertz CT molecular complexity index is 1690. The summed E-state index contributed by atoms with van der Waals surface area (Å²) in [6.07, 6.45) is 4.02. The molecule has 1 fully saturated rings. The Morgan fingerprint density at radius 1 is 1.03 bits per heavy atom. The molecule has 0 bridgehead atoms. The Kier molecular flexibility index (Phi) is 6.33. The fraction of sp³-hybridized carbons (Fsp3) is 0.160. The van der Waals surface area contributed by atoms with E-state index in [-0.39, 0.29) is 25.5 Å². The SMILES string of the molecule is Cc1ccc(C(=O)C2C(=O)C(=O)N(c3ncc(S(=O)(=O)c4ccc(N=O)cc4)s3)C2c2cncn2C)cc1. The molecule has 2 atom stereocenters. The number of Topliss-reactive ketones (excluding diaryl/α,β-unsaturated/α-hetero) is 2. The molecule has 1 saturated heterocycles. The molecule has 3 heterocycles. The minimum absolute atomic E-state index is 0.0569. The van der Waals surface area contributed by atoms with Gasteiger partial charge in [-0.25, -0.2) is 18.4 Å². The number of aryl methyl sites for hydroxylation is 2. The van der Waals surface area contributed by atoms with E-state index in [4.69, 9.17) is 0 Å². The number of carbonyl (C=O) groups excluding carboxylic acids is 3. The summed E-state index contributed by atoms with van der Waals surface area (Å²) in [4.78, 5) is 60.0. The molecule has 11 nitrogen and oxygen atoms in total. The second-order valence-corrected chi connectivity index (χ2v) is 11.9. The van der Waals surface area contributed by atoms with Crippen LogP contribution < -0.4 is 4.90 Å². The molecular formula is C25H19N5O6S2. The lowest BCUT2D eigenvalue weighted by atomic mass is 9.88. The molecule has 1 amide bonds. The maximum Gasteiger partial charge on any atom is 0.297 e. The van der Waals surface area contributed by atoms with Gasteiger partial charge in [0, 0.05) is 12.6 Å². The average Bonchev–Trinajstić information content (AvgIpc) is 3.63. The summed E-state index contributed by atoms with van der Waals surface area (Å²) in [7, 11) is -2.39. The highest BCUT2D eigenvalue weighted by molar-refractivity contribution is 7.93. The van der Waals surface area contributed by atoms with E-state index < -0.39 is 39.3 Å². The maximum atomic E-state index is 13.5. The maximum absolute atomic E-state index is 13.5. The molecule has 13 heteroatoms. The minimum Gasteiger partial charge on any atom is -0.336 e. The highest BCUT2D eigenvalue weighted by atomic mass is 32.2. The van der Waals surface area contributed by atoms with E-state index in [0.29, 0.717) is 17.0 Å². The monoisotopic (exact) mass is 549 g/mol. The molecule has 0 saturated carbocycles. The Labute approximate surface area is 220 Å². The highest BCUT2D eigenvalue weighted by Crippen LogP contribution is 2.43. The molecular weight excluding hydrogens is 530 g/mol. The van der Waals surface area contributed by atoms with Gasteiger partial charge in [0.1, 0.15) is 15.8 Å². The van der Waals surface area contributed by atoms with Crippen LogP contribution in [0.15, 0.2) is 81.5 Å². The van der Waals surface area contributed by atoms with Crippen LogP contribution in [-0.4, -0.2) is 40.4 Å². The van der Waals surface area contributed by atoms with E-state index in [9.17, 15) is 27.7 Å². The average molecular weight is 550 g/mol. The molecule has 4 aromatic rings. The summed E-state index contributed by atoms with van der Waals surface area (Å²) in [6.45, 7) is 1.86. The third kappa shape index (κ3) is 4.15. The van der Waals surface area contributed by atoms with Crippen molar-refractivity contribution in [2.24, 2.45) is 18.1 Å². The fourth-order valence-electron chi connectivity index (χ4n) is 4.28. The molecule has 0 aliphatic carbocycles. The van der Waals surface area contributed by atoms with Crippen molar-refractivity contribution >= 4 is 49.5 Å². The van der Waals surface area contributed by atoms with Gasteiger partial charge >= 0.3 is 0 Å². The standard InChI is InChI=1S/C25H19N5O6S2/c1-14-3-5-15(6-4-14)22(31)20-21(18-11-26-13-29(18)2)30(24(33)23(20)32)25-27-12-19(37-25)38(35,36)17-9-7-16(28-34)8-10-17/h3-13,20-21H,1-2H3. The van der Waals surface area contributed by atoms with Gasteiger partial charge in [-0.15, -0.1) is 4.91 Å². The third-order valence-electron chi connectivity index (χ3n) is 6.28. The molecule has 2 unspecified atom stereocenters. The Morgan fingerprint density at radius 2 is 1.71 bits per heavy atom. The molecule has 0 radical (unpaired) electrons. The predicted molar refractivity (Wildman–Crippen MR) is 137 cm³/mol. The van der Waals surface area contributed by atoms with E-state index in [2.05, 4.69) is 15.1 Å². The summed E-state index contributed by atoms with van der Waals surface area (Å²) < 4.78 is 27.8. The van der Waals surface area contributed by atoms with Gasteiger partial charge in [-0.3, -0.25) is 19.3 Å². The van der Waals surface area contributed by atoms with Gasteiger partial charge in [-0.2, -0.15) is 0 Å². The van der Waals surface area contributed by atoms with Crippen LogP contribution in [0.2, 0.25) is 0 Å². The second kappa shape index (κ2) is 9.50. The molecule has 0 N–H and O–H groups in total. The van der Waals surface area contributed by atoms with Crippen molar-refractivity contribution in [3.63, 3.8) is 0 Å². The van der Waals surface area contributed by atoms with Crippen molar-refractivity contribution in [2.45, 2.75) is 22.1 Å². The molecule has 0 spiro atoms. The van der Waals surface area contributed by atoms with Gasteiger partial charge < -0.3 is 4.57 Å². The molecule has 1 aliphatic heterocycles. The number of benzene rings is 2. The quantitative estimate of drug-likeness (QED) is 0.147. The van der Waals surface area contributed by atoms with Crippen LogP contribution in [0.4, 0.5) is 10.8 Å². The van der Waals surface area contributed by atoms with Crippen LogP contribution in [-0.2, 0) is 26.5 Å². The third-order valence-corrected chi connectivity index (χ3v) is 9.50. The Hall–Kier alpha value is -4.36. The van der Waals surface area contributed by atoms with Crippen molar-refractivity contribution in [1.29, 1.82) is 0 Å². The number of amides is 1. The van der Waals surface area contributed by atoms with Gasteiger partial charge in [0.25, 0.3) is 5.91 Å². The number of imidazole rings is 1. The largest absolute Gasteiger partial charge is 0.336 e. The summed E-state index contributed by atoms with van der Waals surface area (Å²) in [5.74, 6) is -3.81. The number of anilines is 1. The van der Waals surface area contributed by atoms with Crippen LogP contribution in [0.25, 0.3) is 0 Å².